The van der Waals surface area contributed by atoms with Crippen LogP contribution in [0.25, 0.3) is 0 Å². The quantitative estimate of drug-likeness (QED) is 0.216. The maximum absolute atomic E-state index is 14.2. The lowest BCUT2D eigenvalue weighted by Crippen LogP contribution is -2.68. The monoisotopic (exact) mass is 592 g/mol. The Morgan fingerprint density at radius 2 is 1.16 bits per heavy atom. The van der Waals surface area contributed by atoms with Crippen LogP contribution in [-0.2, 0) is 19.0 Å². The van der Waals surface area contributed by atoms with Crippen LogP contribution in [-0.4, -0.2) is 71.7 Å². The molecule has 3 atom stereocenters. The number of carbonyl (C=O) groups excluding carboxylic acids is 1. The maximum Gasteiger partial charge on any atom is 0.462 e. The van der Waals surface area contributed by atoms with Gasteiger partial charge in [-0.2, -0.15) is 74.6 Å². The van der Waals surface area contributed by atoms with Crippen molar-refractivity contribution in [2.75, 3.05) is 6.61 Å². The van der Waals surface area contributed by atoms with E-state index < -0.39 is 73.0 Å². The number of hydrogen-bond acceptors (Lipinski definition) is 5. The Morgan fingerprint density at radius 1 is 0.730 bits per heavy atom. The Balaban J connectivity index is 6.58. The number of halogens is 17. The molecule has 0 rings (SSSR count). The fraction of sp³-hybridized carbons (Fsp3) is 0.800. The zero-order valence-corrected chi connectivity index (χ0v) is 17.0. The van der Waals surface area contributed by atoms with Crippen LogP contribution in [0.15, 0.2) is 0 Å². The van der Waals surface area contributed by atoms with Crippen molar-refractivity contribution in [3.63, 3.8) is 0 Å². The molecule has 0 radical (unpaired) electrons. The summed E-state index contributed by atoms with van der Waals surface area (Å²) in [5.41, 5.74) is -2.35. The van der Waals surface area contributed by atoms with E-state index in [1.807, 2.05) is 4.74 Å². The summed E-state index contributed by atoms with van der Waals surface area (Å²) in [4.78, 5) is 11.3. The summed E-state index contributed by atoms with van der Waals surface area (Å²) < 4.78 is 227. The Hall–Kier alpha value is -2.28. The van der Waals surface area contributed by atoms with Crippen LogP contribution in [0.5, 0.6) is 0 Å². The molecule has 37 heavy (non-hydrogen) atoms. The minimum absolute atomic E-state index is 0.701. The van der Waals surface area contributed by atoms with Crippen LogP contribution in [0, 0.1) is 12.3 Å². The van der Waals surface area contributed by atoms with Crippen LogP contribution in [0.1, 0.15) is 13.3 Å². The number of carbonyl (C=O) groups is 1. The number of alkyl halides is 17. The number of esters is 1. The molecule has 0 aliphatic carbocycles. The van der Waals surface area contributed by atoms with E-state index in [0.717, 1.165) is 0 Å². The SMILES string of the molecule is C#CC(C)(O)CCOC(=O)C(F)(OC(F)(F)C(F)(OC(F)(F)C(F)(F)C(F)(F)F)C(F)(F)F)C(F)(F)F. The van der Waals surface area contributed by atoms with Gasteiger partial charge in [0.25, 0.3) is 0 Å². The van der Waals surface area contributed by atoms with Gasteiger partial charge >= 0.3 is 54.3 Å². The van der Waals surface area contributed by atoms with Gasteiger partial charge in [0.05, 0.1) is 6.61 Å². The van der Waals surface area contributed by atoms with Gasteiger partial charge in [-0.3, -0.25) is 9.47 Å². The Kier molecular flexibility index (Phi) is 9.19. The highest BCUT2D eigenvalue weighted by Gasteiger charge is 2.85. The standard InChI is InChI=1S/C15H9F17O5/c1-3-7(2,34)4-5-35-6(33)8(16,11(20,21)22)36-15(31,32)10(19,13(26,27)28)37-14(29,30)9(17,18)12(23,24)25/h1,34H,4-5H2,2H3. The van der Waals surface area contributed by atoms with E-state index in [1.54, 1.807) is 0 Å². The second kappa shape index (κ2) is 9.79. The van der Waals surface area contributed by atoms with E-state index >= 15 is 0 Å². The molecule has 0 aromatic rings. The fourth-order valence-corrected chi connectivity index (χ4v) is 1.65. The van der Waals surface area contributed by atoms with Crippen LogP contribution < -0.4 is 0 Å². The number of terminal acetylenes is 1. The molecule has 218 valence electrons. The molecular weight excluding hydrogens is 583 g/mol. The summed E-state index contributed by atoms with van der Waals surface area (Å²) in [5.74, 6) is -25.3. The molecular formula is C15H9F17O5. The normalized spacial score (nSPS) is 19.3. The van der Waals surface area contributed by atoms with Gasteiger partial charge in [0.15, 0.2) is 0 Å². The van der Waals surface area contributed by atoms with Crippen molar-refractivity contribution in [3.05, 3.63) is 0 Å². The average Bonchev–Trinajstić information content (AvgIpc) is 2.63. The van der Waals surface area contributed by atoms with Crippen molar-refractivity contribution in [2.24, 2.45) is 0 Å². The number of rotatable bonds is 10. The molecule has 0 aliphatic heterocycles. The van der Waals surface area contributed by atoms with Gasteiger partial charge in [0.1, 0.15) is 5.60 Å². The van der Waals surface area contributed by atoms with Crippen LogP contribution in [0.2, 0.25) is 0 Å². The van der Waals surface area contributed by atoms with Crippen molar-refractivity contribution in [3.8, 4) is 12.3 Å². The molecule has 3 unspecified atom stereocenters. The summed E-state index contributed by atoms with van der Waals surface area (Å²) in [6, 6.07) is 0. The lowest BCUT2D eigenvalue weighted by atomic mass is 10.1. The Bertz CT molecular complexity index is 868. The number of hydrogen-bond donors (Lipinski definition) is 1. The molecule has 0 spiro atoms. The largest absolute Gasteiger partial charge is 0.462 e. The lowest BCUT2D eigenvalue weighted by Gasteiger charge is -2.39. The van der Waals surface area contributed by atoms with E-state index in [0.29, 0.717) is 6.92 Å². The predicted molar refractivity (Wildman–Crippen MR) is 77.9 cm³/mol. The summed E-state index contributed by atoms with van der Waals surface area (Å²) in [7, 11) is 0. The van der Waals surface area contributed by atoms with Crippen LogP contribution in [0.3, 0.4) is 0 Å². The zero-order valence-electron chi connectivity index (χ0n) is 17.0. The van der Waals surface area contributed by atoms with Gasteiger partial charge in [0, 0.05) is 6.42 Å². The number of ether oxygens (including phenoxy) is 3. The highest BCUT2D eigenvalue weighted by molar-refractivity contribution is 5.78. The van der Waals surface area contributed by atoms with Gasteiger partial charge < -0.3 is 9.84 Å². The highest BCUT2D eigenvalue weighted by atomic mass is 19.4. The third kappa shape index (κ3) is 6.78. The molecule has 0 amide bonds. The molecule has 0 aliphatic rings. The van der Waals surface area contributed by atoms with E-state index in [9.17, 15) is 84.5 Å². The second-order valence-corrected chi connectivity index (χ2v) is 6.80. The van der Waals surface area contributed by atoms with E-state index in [4.69, 9.17) is 6.42 Å². The Labute approximate surface area is 192 Å². The molecule has 0 fully saturated rings. The highest BCUT2D eigenvalue weighted by Crippen LogP contribution is 2.56. The number of aliphatic hydroxyl groups is 1. The maximum atomic E-state index is 14.2. The van der Waals surface area contributed by atoms with Gasteiger partial charge in [-0.25, -0.2) is 4.79 Å². The molecule has 1 N–H and O–H groups in total. The Morgan fingerprint density at radius 3 is 1.49 bits per heavy atom. The van der Waals surface area contributed by atoms with Gasteiger partial charge in [0.2, 0.25) is 0 Å². The second-order valence-electron chi connectivity index (χ2n) is 6.80. The van der Waals surface area contributed by atoms with Gasteiger partial charge in [-0.15, -0.1) is 6.42 Å². The third-order valence-corrected chi connectivity index (χ3v) is 3.76. The first-order chi connectivity index (χ1) is 15.9. The van der Waals surface area contributed by atoms with Crippen molar-refractivity contribution < 1.29 is 98.7 Å². The van der Waals surface area contributed by atoms with Crippen molar-refractivity contribution in [1.82, 2.24) is 0 Å². The molecule has 0 heterocycles. The minimum atomic E-state index is -8.12. The summed E-state index contributed by atoms with van der Waals surface area (Å²) in [6.07, 6.45) is -35.3. The van der Waals surface area contributed by atoms with E-state index in [1.165, 1.54) is 10.7 Å². The third-order valence-electron chi connectivity index (χ3n) is 3.76. The molecule has 0 saturated carbocycles. The topological polar surface area (TPSA) is 65.0 Å². The predicted octanol–water partition coefficient (Wildman–Crippen LogP) is 5.18. The van der Waals surface area contributed by atoms with Crippen LogP contribution in [0.4, 0.5) is 74.6 Å². The van der Waals surface area contributed by atoms with Gasteiger partial charge in [-0.05, 0) is 6.92 Å². The molecule has 5 nitrogen and oxygen atoms in total. The fourth-order valence-electron chi connectivity index (χ4n) is 1.65. The summed E-state index contributed by atoms with van der Waals surface area (Å²) in [5, 5.41) is 9.31. The molecule has 0 bridgehead atoms. The van der Waals surface area contributed by atoms with Crippen molar-refractivity contribution in [2.45, 2.75) is 67.3 Å². The molecule has 22 heteroatoms. The smallest absolute Gasteiger partial charge is 0.461 e. The first-order valence-electron chi connectivity index (χ1n) is 8.34. The molecule has 0 aromatic heterocycles. The van der Waals surface area contributed by atoms with Crippen LogP contribution >= 0.6 is 0 Å². The lowest BCUT2D eigenvalue weighted by molar-refractivity contribution is -0.548. The molecule has 0 aromatic carbocycles. The van der Waals surface area contributed by atoms with Gasteiger partial charge in [-0.1, -0.05) is 5.92 Å². The minimum Gasteiger partial charge on any atom is -0.461 e. The van der Waals surface area contributed by atoms with E-state index in [2.05, 4.69) is 4.74 Å². The first-order valence-corrected chi connectivity index (χ1v) is 8.34. The zero-order chi connectivity index (χ0) is 30.3. The molecule has 0 saturated heterocycles. The first kappa shape index (κ1) is 34.7. The summed E-state index contributed by atoms with van der Waals surface area (Å²) >= 11 is 0. The van der Waals surface area contributed by atoms with E-state index in [-0.39, 0.29) is 0 Å². The average molecular weight is 592 g/mol. The summed E-state index contributed by atoms with van der Waals surface area (Å²) in [6.45, 7) is -0.952. The van der Waals surface area contributed by atoms with Crippen molar-refractivity contribution >= 4 is 5.97 Å². The van der Waals surface area contributed by atoms with Crippen molar-refractivity contribution in [1.29, 1.82) is 0 Å².